The lowest BCUT2D eigenvalue weighted by atomic mass is 9.97. The van der Waals surface area contributed by atoms with Crippen LogP contribution in [-0.2, 0) is 4.79 Å². The molecule has 1 saturated heterocycles. The van der Waals surface area contributed by atoms with Crippen LogP contribution in [0, 0.1) is 5.92 Å². The van der Waals surface area contributed by atoms with Gasteiger partial charge in [0.2, 0.25) is 5.91 Å². The van der Waals surface area contributed by atoms with Gasteiger partial charge < -0.3 is 20.0 Å². The van der Waals surface area contributed by atoms with Gasteiger partial charge in [-0.05, 0) is 55.2 Å². The van der Waals surface area contributed by atoms with E-state index >= 15 is 0 Å². The number of rotatable bonds is 5. The molecule has 1 aliphatic heterocycles. The second-order valence-electron chi connectivity index (χ2n) is 6.46. The smallest absolute Gasteiger partial charge is 0.319 e. The highest BCUT2D eigenvalue weighted by Gasteiger charge is 2.22. The van der Waals surface area contributed by atoms with Gasteiger partial charge in [-0.2, -0.15) is 0 Å². The molecule has 142 valence electrons. The fourth-order valence-electron chi connectivity index (χ4n) is 2.98. The summed E-state index contributed by atoms with van der Waals surface area (Å²) in [4.78, 5) is 26.0. The van der Waals surface area contributed by atoms with E-state index in [-0.39, 0.29) is 11.9 Å². The van der Waals surface area contributed by atoms with Crippen LogP contribution in [0.15, 0.2) is 53.2 Å². The normalized spacial score (nSPS) is 15.1. The van der Waals surface area contributed by atoms with Crippen LogP contribution in [0.25, 0.3) is 6.08 Å². The van der Waals surface area contributed by atoms with Crippen LogP contribution in [0.5, 0.6) is 0 Å². The first-order valence-electron chi connectivity index (χ1n) is 8.91. The first-order chi connectivity index (χ1) is 13.1. The van der Waals surface area contributed by atoms with Crippen LogP contribution in [0.2, 0.25) is 5.02 Å². The predicted octanol–water partition coefficient (Wildman–Crippen LogP) is 4.01. The third kappa shape index (κ3) is 5.89. The summed E-state index contributed by atoms with van der Waals surface area (Å²) >= 11 is 5.90. The number of anilines is 1. The van der Waals surface area contributed by atoms with Crippen LogP contribution in [-0.4, -0.2) is 36.5 Å². The molecule has 0 saturated carbocycles. The zero-order valence-electron chi connectivity index (χ0n) is 14.9. The average Bonchev–Trinajstić information content (AvgIpc) is 3.18. The molecule has 0 bridgehead atoms. The summed E-state index contributed by atoms with van der Waals surface area (Å²) in [5.74, 6) is 0.998. The van der Waals surface area contributed by atoms with E-state index < -0.39 is 0 Å². The van der Waals surface area contributed by atoms with Gasteiger partial charge in [0, 0.05) is 36.4 Å². The molecule has 1 aromatic carbocycles. The quantitative estimate of drug-likeness (QED) is 0.761. The van der Waals surface area contributed by atoms with Crippen molar-refractivity contribution in [2.75, 3.05) is 25.0 Å². The molecule has 2 heterocycles. The fraction of sp³-hybridized carbons (Fsp3) is 0.300. The summed E-state index contributed by atoms with van der Waals surface area (Å²) in [5, 5.41) is 6.22. The third-order valence-electron chi connectivity index (χ3n) is 4.49. The highest BCUT2D eigenvalue weighted by atomic mass is 35.5. The second kappa shape index (κ2) is 9.28. The van der Waals surface area contributed by atoms with Crippen molar-refractivity contribution in [2.45, 2.75) is 12.8 Å². The lowest BCUT2D eigenvalue weighted by molar-refractivity contribution is -0.127. The minimum Gasteiger partial charge on any atom is -0.465 e. The largest absolute Gasteiger partial charge is 0.465 e. The highest BCUT2D eigenvalue weighted by Crippen LogP contribution is 2.18. The van der Waals surface area contributed by atoms with Crippen molar-refractivity contribution in [2.24, 2.45) is 5.92 Å². The summed E-state index contributed by atoms with van der Waals surface area (Å²) < 4.78 is 5.18. The Morgan fingerprint density at radius 3 is 2.74 bits per heavy atom. The zero-order chi connectivity index (χ0) is 19.1. The Labute approximate surface area is 163 Å². The van der Waals surface area contributed by atoms with Crippen LogP contribution in [0.4, 0.5) is 10.5 Å². The van der Waals surface area contributed by atoms with Gasteiger partial charge in [-0.25, -0.2) is 4.79 Å². The van der Waals surface area contributed by atoms with Gasteiger partial charge >= 0.3 is 6.03 Å². The van der Waals surface area contributed by atoms with E-state index in [1.165, 1.54) is 6.08 Å². The van der Waals surface area contributed by atoms with E-state index in [2.05, 4.69) is 10.6 Å². The van der Waals surface area contributed by atoms with Crippen LogP contribution >= 0.6 is 11.6 Å². The number of piperidine rings is 1. The molecular weight excluding hydrogens is 366 g/mol. The monoisotopic (exact) mass is 387 g/mol. The number of nitrogens with zero attached hydrogens (tertiary/aromatic N) is 1. The molecule has 3 rings (SSSR count). The van der Waals surface area contributed by atoms with Crippen molar-refractivity contribution in [3.63, 3.8) is 0 Å². The van der Waals surface area contributed by atoms with Crippen LogP contribution < -0.4 is 10.6 Å². The maximum absolute atomic E-state index is 12.2. The van der Waals surface area contributed by atoms with Crippen LogP contribution in [0.3, 0.4) is 0 Å². The molecule has 27 heavy (non-hydrogen) atoms. The lowest BCUT2D eigenvalue weighted by Crippen LogP contribution is -2.41. The molecule has 0 spiro atoms. The van der Waals surface area contributed by atoms with Crippen molar-refractivity contribution in [1.82, 2.24) is 10.2 Å². The Morgan fingerprint density at radius 1 is 1.22 bits per heavy atom. The Balaban J connectivity index is 1.38. The first kappa shape index (κ1) is 19.0. The summed E-state index contributed by atoms with van der Waals surface area (Å²) in [6.45, 7) is 1.95. The zero-order valence-corrected chi connectivity index (χ0v) is 15.6. The van der Waals surface area contributed by atoms with Gasteiger partial charge in [0.15, 0.2) is 0 Å². The summed E-state index contributed by atoms with van der Waals surface area (Å²) in [6, 6.07) is 10.3. The van der Waals surface area contributed by atoms with Gasteiger partial charge in [0.1, 0.15) is 5.76 Å². The molecule has 6 nitrogen and oxygen atoms in total. The van der Waals surface area contributed by atoms with E-state index in [4.69, 9.17) is 16.0 Å². The van der Waals surface area contributed by atoms with E-state index in [9.17, 15) is 9.59 Å². The Hall–Kier alpha value is -2.73. The fourth-order valence-corrected chi connectivity index (χ4v) is 3.17. The maximum Gasteiger partial charge on any atom is 0.319 e. The molecule has 0 radical (unpaired) electrons. The van der Waals surface area contributed by atoms with Crippen molar-refractivity contribution >= 4 is 35.3 Å². The molecule has 0 unspecified atom stereocenters. The molecule has 1 fully saturated rings. The van der Waals surface area contributed by atoms with Crippen molar-refractivity contribution in [3.8, 4) is 0 Å². The number of likely N-dealkylation sites (tertiary alicyclic amines) is 1. The van der Waals surface area contributed by atoms with Gasteiger partial charge in [0.25, 0.3) is 0 Å². The Morgan fingerprint density at radius 2 is 2.04 bits per heavy atom. The number of furan rings is 1. The predicted molar refractivity (Wildman–Crippen MR) is 106 cm³/mol. The van der Waals surface area contributed by atoms with E-state index in [1.54, 1.807) is 48.7 Å². The molecule has 0 atom stereocenters. The summed E-state index contributed by atoms with van der Waals surface area (Å²) in [5.41, 5.74) is 0.656. The molecule has 3 amide bonds. The van der Waals surface area contributed by atoms with Crippen LogP contribution in [0.1, 0.15) is 18.6 Å². The molecule has 2 aromatic rings. The minimum atomic E-state index is -0.253. The van der Waals surface area contributed by atoms with Crippen molar-refractivity contribution in [1.29, 1.82) is 0 Å². The van der Waals surface area contributed by atoms with Crippen molar-refractivity contribution in [3.05, 3.63) is 59.5 Å². The highest BCUT2D eigenvalue weighted by molar-refractivity contribution is 6.30. The average molecular weight is 388 g/mol. The van der Waals surface area contributed by atoms with E-state index in [0.29, 0.717) is 42.0 Å². The molecule has 7 heteroatoms. The lowest BCUT2D eigenvalue weighted by Gasteiger charge is -2.31. The van der Waals surface area contributed by atoms with E-state index in [1.807, 2.05) is 4.90 Å². The molecule has 0 aliphatic carbocycles. The number of benzene rings is 1. The summed E-state index contributed by atoms with van der Waals surface area (Å²) in [7, 11) is 0. The minimum absolute atomic E-state index is 0.0171. The number of amides is 3. The number of carbonyl (C=O) groups excluding carboxylic acids is 2. The second-order valence-corrected chi connectivity index (χ2v) is 6.90. The number of halogens is 1. The van der Waals surface area contributed by atoms with Gasteiger partial charge in [-0.1, -0.05) is 17.7 Å². The Bertz CT molecular complexity index is 797. The molecule has 1 aliphatic rings. The van der Waals surface area contributed by atoms with Gasteiger partial charge in [0.05, 0.1) is 6.26 Å². The third-order valence-corrected chi connectivity index (χ3v) is 4.73. The number of carbonyl (C=O) groups is 2. The Kier molecular flexibility index (Phi) is 6.54. The van der Waals surface area contributed by atoms with Gasteiger partial charge in [-0.15, -0.1) is 0 Å². The standard InChI is InChI=1S/C20H22ClN3O3/c21-16-3-1-4-17(13-16)23-20(26)22-14-15-8-10-24(11-9-15)19(25)7-6-18-5-2-12-27-18/h1-7,12-13,15H,8-11,14H2,(H2,22,23,26). The molecular formula is C20H22ClN3O3. The molecule has 1 aromatic heterocycles. The van der Waals surface area contributed by atoms with Gasteiger partial charge in [-0.3, -0.25) is 4.79 Å². The number of nitrogens with one attached hydrogen (secondary N) is 2. The molecule has 2 N–H and O–H groups in total. The topological polar surface area (TPSA) is 74.6 Å². The SMILES string of the molecule is O=C(NCC1CCN(C(=O)C=Cc2ccco2)CC1)Nc1cccc(Cl)c1. The van der Waals surface area contributed by atoms with Crippen molar-refractivity contribution < 1.29 is 14.0 Å². The summed E-state index contributed by atoms with van der Waals surface area (Å²) in [6.07, 6.45) is 6.51. The number of hydrogen-bond acceptors (Lipinski definition) is 3. The maximum atomic E-state index is 12.2. The number of hydrogen-bond donors (Lipinski definition) is 2. The first-order valence-corrected chi connectivity index (χ1v) is 9.29. The van der Waals surface area contributed by atoms with E-state index in [0.717, 1.165) is 12.8 Å². The number of urea groups is 1.